The van der Waals surface area contributed by atoms with Crippen LogP contribution in [-0.2, 0) is 20.4 Å². The standard InChI is InChI=1S/C19H14ClF3N2O7/c1-2-31-17(27)10-5-11(7-13(6-10)25(29)30)18(28)32-9-16(26)24-15-8-12(19(21,22)23)3-4-14(15)20/h3-8H,2,9H2,1H3,(H,24,26). The van der Waals surface area contributed by atoms with Crippen molar-refractivity contribution in [2.45, 2.75) is 13.1 Å². The van der Waals surface area contributed by atoms with Gasteiger partial charge >= 0.3 is 18.1 Å². The lowest BCUT2D eigenvalue weighted by Gasteiger charge is -2.12. The van der Waals surface area contributed by atoms with Gasteiger partial charge in [0.1, 0.15) is 0 Å². The van der Waals surface area contributed by atoms with Crippen LogP contribution < -0.4 is 5.32 Å². The monoisotopic (exact) mass is 474 g/mol. The number of benzene rings is 2. The molecule has 1 N–H and O–H groups in total. The number of esters is 2. The van der Waals surface area contributed by atoms with Crippen molar-refractivity contribution in [3.8, 4) is 0 Å². The third-order valence-electron chi connectivity index (χ3n) is 3.78. The van der Waals surface area contributed by atoms with Crippen LogP contribution in [-0.4, -0.2) is 36.0 Å². The third-order valence-corrected chi connectivity index (χ3v) is 4.11. The molecule has 0 aliphatic rings. The first kappa shape index (κ1) is 24.6. The number of nitro benzene ring substituents is 1. The van der Waals surface area contributed by atoms with E-state index in [1.807, 2.05) is 0 Å². The maximum atomic E-state index is 12.8. The molecule has 0 bridgehead atoms. The second-order valence-corrected chi connectivity index (χ2v) is 6.47. The first-order valence-electron chi connectivity index (χ1n) is 8.72. The molecule has 0 unspecified atom stereocenters. The molecule has 32 heavy (non-hydrogen) atoms. The zero-order valence-corrected chi connectivity index (χ0v) is 17.0. The van der Waals surface area contributed by atoms with Crippen molar-refractivity contribution < 1.29 is 42.0 Å². The van der Waals surface area contributed by atoms with Crippen molar-refractivity contribution in [1.29, 1.82) is 0 Å². The summed E-state index contributed by atoms with van der Waals surface area (Å²) in [6.45, 7) is 0.558. The molecule has 0 aliphatic heterocycles. The molecule has 2 rings (SSSR count). The Kier molecular flexibility index (Phi) is 7.76. The summed E-state index contributed by atoms with van der Waals surface area (Å²) in [5.41, 5.74) is -2.71. The fourth-order valence-corrected chi connectivity index (χ4v) is 2.53. The van der Waals surface area contributed by atoms with Crippen LogP contribution in [0.5, 0.6) is 0 Å². The number of hydrogen-bond acceptors (Lipinski definition) is 7. The van der Waals surface area contributed by atoms with Gasteiger partial charge in [-0.1, -0.05) is 11.6 Å². The van der Waals surface area contributed by atoms with Crippen LogP contribution in [0.25, 0.3) is 0 Å². The van der Waals surface area contributed by atoms with Crippen molar-refractivity contribution >= 4 is 40.8 Å². The number of carbonyl (C=O) groups excluding carboxylic acids is 3. The van der Waals surface area contributed by atoms with Crippen LogP contribution in [0, 0.1) is 10.1 Å². The number of non-ortho nitro benzene ring substituents is 1. The van der Waals surface area contributed by atoms with Gasteiger partial charge < -0.3 is 14.8 Å². The molecule has 0 saturated carbocycles. The topological polar surface area (TPSA) is 125 Å². The highest BCUT2D eigenvalue weighted by atomic mass is 35.5. The van der Waals surface area contributed by atoms with E-state index >= 15 is 0 Å². The molecule has 0 spiro atoms. The molecular weight excluding hydrogens is 461 g/mol. The Hall–Kier alpha value is -3.67. The SMILES string of the molecule is CCOC(=O)c1cc(C(=O)OCC(=O)Nc2cc(C(F)(F)F)ccc2Cl)cc([N+](=O)[O-])c1. The van der Waals surface area contributed by atoms with Crippen LogP contribution in [0.15, 0.2) is 36.4 Å². The highest BCUT2D eigenvalue weighted by Gasteiger charge is 2.31. The Morgan fingerprint density at radius 2 is 1.66 bits per heavy atom. The Balaban J connectivity index is 2.13. The summed E-state index contributed by atoms with van der Waals surface area (Å²) in [6, 6.07) is 4.97. The summed E-state index contributed by atoms with van der Waals surface area (Å²) < 4.78 is 47.9. The van der Waals surface area contributed by atoms with Gasteiger partial charge in [0.2, 0.25) is 0 Å². The van der Waals surface area contributed by atoms with Crippen LogP contribution >= 0.6 is 11.6 Å². The molecule has 0 saturated heterocycles. The van der Waals surface area contributed by atoms with Crippen LogP contribution in [0.2, 0.25) is 5.02 Å². The first-order chi connectivity index (χ1) is 14.9. The largest absolute Gasteiger partial charge is 0.462 e. The number of nitrogens with zero attached hydrogens (tertiary/aromatic N) is 1. The molecule has 1 amide bonds. The zero-order chi connectivity index (χ0) is 24.1. The fraction of sp³-hybridized carbons (Fsp3) is 0.211. The van der Waals surface area contributed by atoms with Gasteiger partial charge in [-0.05, 0) is 31.2 Å². The molecule has 0 radical (unpaired) electrons. The second-order valence-electron chi connectivity index (χ2n) is 6.06. The van der Waals surface area contributed by atoms with Crippen molar-refractivity contribution in [1.82, 2.24) is 0 Å². The number of anilines is 1. The maximum absolute atomic E-state index is 12.8. The molecule has 2 aromatic carbocycles. The van der Waals surface area contributed by atoms with Gasteiger partial charge in [0.05, 0.1) is 38.9 Å². The van der Waals surface area contributed by atoms with Crippen LogP contribution in [0.3, 0.4) is 0 Å². The smallest absolute Gasteiger partial charge is 0.416 e. The van der Waals surface area contributed by atoms with E-state index in [1.165, 1.54) is 6.92 Å². The number of nitrogens with one attached hydrogen (secondary N) is 1. The highest BCUT2D eigenvalue weighted by Crippen LogP contribution is 2.33. The number of nitro groups is 1. The number of hydrogen-bond donors (Lipinski definition) is 1. The van der Waals surface area contributed by atoms with Crippen LogP contribution in [0.1, 0.15) is 33.2 Å². The van der Waals surface area contributed by atoms with Gasteiger partial charge in [-0.3, -0.25) is 14.9 Å². The lowest BCUT2D eigenvalue weighted by Crippen LogP contribution is -2.21. The summed E-state index contributed by atoms with van der Waals surface area (Å²) in [4.78, 5) is 46.2. The lowest BCUT2D eigenvalue weighted by atomic mass is 10.1. The lowest BCUT2D eigenvalue weighted by molar-refractivity contribution is -0.384. The number of amides is 1. The van der Waals surface area contributed by atoms with Crippen molar-refractivity contribution in [2.24, 2.45) is 0 Å². The molecule has 2 aromatic rings. The van der Waals surface area contributed by atoms with Crippen molar-refractivity contribution in [3.63, 3.8) is 0 Å². The number of halogens is 4. The molecule has 9 nitrogen and oxygen atoms in total. The Bertz CT molecular complexity index is 1070. The summed E-state index contributed by atoms with van der Waals surface area (Å²) in [7, 11) is 0. The predicted octanol–water partition coefficient (Wildman–Crippen LogP) is 4.24. The predicted molar refractivity (Wildman–Crippen MR) is 104 cm³/mol. The van der Waals surface area contributed by atoms with Gasteiger partial charge in [-0.25, -0.2) is 9.59 Å². The summed E-state index contributed by atoms with van der Waals surface area (Å²) in [5.74, 6) is -3.12. The van der Waals surface area contributed by atoms with Gasteiger partial charge in [-0.15, -0.1) is 0 Å². The van der Waals surface area contributed by atoms with E-state index in [0.29, 0.717) is 6.07 Å². The van der Waals surface area contributed by atoms with E-state index in [2.05, 4.69) is 5.32 Å². The minimum absolute atomic E-state index is 0.0143. The van der Waals surface area contributed by atoms with Gasteiger partial charge in [0, 0.05) is 12.1 Å². The molecule has 0 heterocycles. The van der Waals surface area contributed by atoms with E-state index in [4.69, 9.17) is 21.1 Å². The van der Waals surface area contributed by atoms with E-state index in [9.17, 15) is 37.7 Å². The number of rotatable bonds is 7. The zero-order valence-electron chi connectivity index (χ0n) is 16.2. The second kappa shape index (κ2) is 10.1. The van der Waals surface area contributed by atoms with Crippen molar-refractivity contribution in [2.75, 3.05) is 18.5 Å². The van der Waals surface area contributed by atoms with Gasteiger partial charge in [0.15, 0.2) is 6.61 Å². The van der Waals surface area contributed by atoms with E-state index in [1.54, 1.807) is 0 Å². The summed E-state index contributed by atoms with van der Waals surface area (Å²) >= 11 is 5.77. The third kappa shape index (κ3) is 6.41. The Labute approximate surface area is 183 Å². The molecule has 0 atom stereocenters. The van der Waals surface area contributed by atoms with Crippen molar-refractivity contribution in [3.05, 3.63) is 68.2 Å². The molecule has 0 fully saturated rings. The molecule has 0 aromatic heterocycles. The first-order valence-corrected chi connectivity index (χ1v) is 9.10. The number of carbonyl (C=O) groups is 3. The average Bonchev–Trinajstić information content (AvgIpc) is 2.72. The molecule has 0 aliphatic carbocycles. The number of alkyl halides is 3. The normalized spacial score (nSPS) is 10.9. The Morgan fingerprint density at radius 1 is 1.06 bits per heavy atom. The molecule has 13 heteroatoms. The van der Waals surface area contributed by atoms with E-state index in [0.717, 1.165) is 30.3 Å². The minimum atomic E-state index is -4.67. The number of ether oxygens (including phenoxy) is 2. The van der Waals surface area contributed by atoms with Gasteiger partial charge in [-0.2, -0.15) is 13.2 Å². The highest BCUT2D eigenvalue weighted by molar-refractivity contribution is 6.33. The van der Waals surface area contributed by atoms with E-state index in [-0.39, 0.29) is 22.9 Å². The molecular formula is C19H14ClF3N2O7. The summed E-state index contributed by atoms with van der Waals surface area (Å²) in [5, 5.41) is 12.9. The quantitative estimate of drug-likeness (QED) is 0.361. The molecule has 170 valence electrons. The fourth-order valence-electron chi connectivity index (χ4n) is 2.36. The van der Waals surface area contributed by atoms with Gasteiger partial charge in [0.25, 0.3) is 11.6 Å². The average molecular weight is 475 g/mol. The minimum Gasteiger partial charge on any atom is -0.462 e. The maximum Gasteiger partial charge on any atom is 0.416 e. The van der Waals surface area contributed by atoms with Crippen LogP contribution in [0.4, 0.5) is 24.5 Å². The van der Waals surface area contributed by atoms with E-state index < -0.39 is 52.4 Å². The Morgan fingerprint density at radius 3 is 2.19 bits per heavy atom. The summed E-state index contributed by atoms with van der Waals surface area (Å²) in [6.07, 6.45) is -4.67.